The molecule has 0 aliphatic carbocycles. The number of hydrogen-bond acceptors (Lipinski definition) is 4. The molecule has 0 aliphatic heterocycles. The van der Waals surface area contributed by atoms with Crippen molar-refractivity contribution in [2.45, 2.75) is 44.9 Å². The highest BCUT2D eigenvalue weighted by Gasteiger charge is 2.31. The minimum Gasteiger partial charge on any atom is -0.483 e. The van der Waals surface area contributed by atoms with Crippen LogP contribution in [-0.4, -0.2) is 20.9 Å². The summed E-state index contributed by atoms with van der Waals surface area (Å²) in [5.74, 6) is -0.290. The van der Waals surface area contributed by atoms with E-state index >= 15 is 0 Å². The zero-order valence-electron chi connectivity index (χ0n) is 19.3. The van der Waals surface area contributed by atoms with Crippen LogP contribution in [-0.2, 0) is 21.2 Å². The van der Waals surface area contributed by atoms with Crippen LogP contribution in [0.4, 0.5) is 5.69 Å². The number of unbranched alkanes of at least 4 members (excludes halogenated alkanes) is 1. The molecule has 3 rings (SSSR count). The highest BCUT2D eigenvalue weighted by Crippen LogP contribution is 2.36. The number of benzene rings is 3. The lowest BCUT2D eigenvalue weighted by atomic mass is 10.1. The molecule has 34 heavy (non-hydrogen) atoms. The van der Waals surface area contributed by atoms with E-state index in [2.05, 4.69) is 22.9 Å². The van der Waals surface area contributed by atoms with Crippen molar-refractivity contribution in [2.75, 3.05) is 10.9 Å². The van der Waals surface area contributed by atoms with Gasteiger partial charge < -0.3 is 4.74 Å². The quantitative estimate of drug-likeness (QED) is 0.285. The highest BCUT2D eigenvalue weighted by atomic mass is 79.9. The van der Waals surface area contributed by atoms with Crippen LogP contribution in [0.5, 0.6) is 5.75 Å². The fourth-order valence-corrected chi connectivity index (χ4v) is 5.62. The molecule has 0 saturated carbocycles. The van der Waals surface area contributed by atoms with Gasteiger partial charge in [-0.1, -0.05) is 55.3 Å². The molecule has 0 aromatic heterocycles. The Morgan fingerprint density at radius 3 is 2.32 bits per heavy atom. The molecule has 0 fully saturated rings. The first-order chi connectivity index (χ1) is 16.2. The number of aryl methyl sites for hydroxylation is 2. The van der Waals surface area contributed by atoms with E-state index in [1.54, 1.807) is 36.4 Å². The molecule has 3 aromatic carbocycles. The standard InChI is InChI=1S/C26H27BrClNO4S/c1-4-5-9-20-12-14-21(15-13-20)29(34(31,32)22-10-7-6-8-11-22)24(30)17-33-23-16-18(2)26(28)19(3)25(23)27/h6-8,10-16H,4-5,9,17H2,1-3H3. The van der Waals surface area contributed by atoms with E-state index in [0.29, 0.717) is 15.2 Å². The summed E-state index contributed by atoms with van der Waals surface area (Å²) in [4.78, 5) is 13.3. The van der Waals surface area contributed by atoms with Crippen LogP contribution in [0.25, 0.3) is 0 Å². The van der Waals surface area contributed by atoms with Gasteiger partial charge in [0.25, 0.3) is 15.9 Å². The average Bonchev–Trinajstić information content (AvgIpc) is 2.84. The SMILES string of the molecule is CCCCc1ccc(N(C(=O)COc2cc(C)c(Cl)c(C)c2Br)S(=O)(=O)c2ccccc2)cc1. The first-order valence-electron chi connectivity index (χ1n) is 11.0. The van der Waals surface area contributed by atoms with Gasteiger partial charge in [0, 0.05) is 5.02 Å². The number of carbonyl (C=O) groups is 1. The summed E-state index contributed by atoms with van der Waals surface area (Å²) in [5.41, 5.74) is 2.92. The summed E-state index contributed by atoms with van der Waals surface area (Å²) < 4.78 is 34.2. The van der Waals surface area contributed by atoms with Gasteiger partial charge in [-0.05, 0) is 89.6 Å². The van der Waals surface area contributed by atoms with Crippen molar-refractivity contribution in [1.29, 1.82) is 0 Å². The molecule has 8 heteroatoms. The van der Waals surface area contributed by atoms with Gasteiger partial charge in [-0.3, -0.25) is 4.79 Å². The van der Waals surface area contributed by atoms with Gasteiger partial charge in [0.1, 0.15) is 5.75 Å². The van der Waals surface area contributed by atoms with Crippen molar-refractivity contribution >= 4 is 49.1 Å². The summed E-state index contributed by atoms with van der Waals surface area (Å²) in [6.07, 6.45) is 2.99. The average molecular weight is 565 g/mol. The number of rotatable bonds is 9. The summed E-state index contributed by atoms with van der Waals surface area (Å²) in [7, 11) is -4.15. The number of amides is 1. The molecule has 0 aliphatic rings. The number of sulfonamides is 1. The highest BCUT2D eigenvalue weighted by molar-refractivity contribution is 9.10. The minimum absolute atomic E-state index is 0.0257. The van der Waals surface area contributed by atoms with Gasteiger partial charge in [0.05, 0.1) is 15.1 Å². The first kappa shape index (κ1) is 26.3. The predicted octanol–water partition coefficient (Wildman–Crippen LogP) is 6.86. The number of carbonyl (C=O) groups excluding carboxylic acids is 1. The van der Waals surface area contributed by atoms with Gasteiger partial charge in [0.15, 0.2) is 6.61 Å². The minimum atomic E-state index is -4.15. The summed E-state index contributed by atoms with van der Waals surface area (Å²) in [6.45, 7) is 5.31. The van der Waals surface area contributed by atoms with E-state index < -0.39 is 22.5 Å². The maximum Gasteiger partial charge on any atom is 0.278 e. The van der Waals surface area contributed by atoms with Crippen molar-refractivity contribution in [3.8, 4) is 5.75 Å². The number of anilines is 1. The Morgan fingerprint density at radius 1 is 1.06 bits per heavy atom. The Balaban J connectivity index is 1.95. The third-order valence-electron chi connectivity index (χ3n) is 5.42. The molecule has 0 atom stereocenters. The zero-order chi connectivity index (χ0) is 24.9. The lowest BCUT2D eigenvalue weighted by Gasteiger charge is -2.23. The van der Waals surface area contributed by atoms with Crippen molar-refractivity contribution in [1.82, 2.24) is 0 Å². The molecule has 0 radical (unpaired) electrons. The third kappa shape index (κ3) is 5.82. The van der Waals surface area contributed by atoms with Crippen LogP contribution in [0, 0.1) is 13.8 Å². The van der Waals surface area contributed by atoms with Crippen LogP contribution >= 0.6 is 27.5 Å². The van der Waals surface area contributed by atoms with E-state index in [1.807, 2.05) is 26.0 Å². The lowest BCUT2D eigenvalue weighted by molar-refractivity contribution is -0.119. The molecule has 3 aromatic rings. The predicted molar refractivity (Wildman–Crippen MR) is 140 cm³/mol. The molecule has 1 amide bonds. The van der Waals surface area contributed by atoms with Crippen LogP contribution in [0.3, 0.4) is 0 Å². The lowest BCUT2D eigenvalue weighted by Crippen LogP contribution is -2.40. The van der Waals surface area contributed by atoms with Crippen LogP contribution < -0.4 is 9.04 Å². The van der Waals surface area contributed by atoms with Crippen molar-refractivity contribution < 1.29 is 17.9 Å². The van der Waals surface area contributed by atoms with Crippen LogP contribution in [0.1, 0.15) is 36.5 Å². The van der Waals surface area contributed by atoms with Crippen molar-refractivity contribution in [3.05, 3.63) is 86.8 Å². The second-order valence-corrected chi connectivity index (χ2v) is 10.9. The molecule has 0 heterocycles. The Kier molecular flexibility index (Phi) is 8.79. The van der Waals surface area contributed by atoms with Gasteiger partial charge in [-0.2, -0.15) is 4.31 Å². The van der Waals surface area contributed by atoms with E-state index in [1.165, 1.54) is 12.1 Å². The normalized spacial score (nSPS) is 11.3. The molecule has 5 nitrogen and oxygen atoms in total. The van der Waals surface area contributed by atoms with Crippen LogP contribution in [0.2, 0.25) is 5.02 Å². The largest absolute Gasteiger partial charge is 0.483 e. The Hall–Kier alpha value is -2.35. The van der Waals surface area contributed by atoms with E-state index in [4.69, 9.17) is 16.3 Å². The fraction of sp³-hybridized carbons (Fsp3) is 0.269. The fourth-order valence-electron chi connectivity index (χ4n) is 3.50. The Bertz CT molecular complexity index is 1260. The third-order valence-corrected chi connectivity index (χ3v) is 8.75. The van der Waals surface area contributed by atoms with E-state index in [9.17, 15) is 13.2 Å². The van der Waals surface area contributed by atoms with E-state index in [0.717, 1.165) is 40.3 Å². The summed E-state index contributed by atoms with van der Waals surface area (Å²) in [6, 6.07) is 16.6. The molecule has 0 bridgehead atoms. The van der Waals surface area contributed by atoms with Crippen LogP contribution in [0.15, 0.2) is 70.0 Å². The summed E-state index contributed by atoms with van der Waals surface area (Å²) in [5, 5.41) is 0.599. The van der Waals surface area contributed by atoms with Gasteiger partial charge >= 0.3 is 0 Å². The molecule has 180 valence electrons. The smallest absolute Gasteiger partial charge is 0.278 e. The maximum absolute atomic E-state index is 13.5. The first-order valence-corrected chi connectivity index (χ1v) is 13.6. The number of halogens is 2. The van der Waals surface area contributed by atoms with Gasteiger partial charge in [0.2, 0.25) is 0 Å². The zero-order valence-corrected chi connectivity index (χ0v) is 22.5. The number of ether oxygens (including phenoxy) is 1. The molecular weight excluding hydrogens is 538 g/mol. The van der Waals surface area contributed by atoms with Gasteiger partial charge in [-0.25, -0.2) is 8.42 Å². The van der Waals surface area contributed by atoms with Gasteiger partial charge in [-0.15, -0.1) is 0 Å². The van der Waals surface area contributed by atoms with E-state index in [-0.39, 0.29) is 10.6 Å². The Labute approximate surface area is 214 Å². The topological polar surface area (TPSA) is 63.7 Å². The number of nitrogens with zero attached hydrogens (tertiary/aromatic N) is 1. The monoisotopic (exact) mass is 563 g/mol. The summed E-state index contributed by atoms with van der Waals surface area (Å²) >= 11 is 9.73. The Morgan fingerprint density at radius 2 is 1.71 bits per heavy atom. The maximum atomic E-state index is 13.5. The molecular formula is C26H27BrClNO4S. The van der Waals surface area contributed by atoms with Crippen molar-refractivity contribution in [2.24, 2.45) is 0 Å². The second-order valence-electron chi connectivity index (χ2n) is 7.98. The number of hydrogen-bond donors (Lipinski definition) is 0. The second kappa shape index (κ2) is 11.4. The molecule has 0 saturated heterocycles. The molecule has 0 N–H and O–H groups in total. The molecule has 0 unspecified atom stereocenters. The molecule has 0 spiro atoms. The van der Waals surface area contributed by atoms with Crippen molar-refractivity contribution in [3.63, 3.8) is 0 Å².